The summed E-state index contributed by atoms with van der Waals surface area (Å²) in [4.78, 5) is 25.4. The molecule has 1 aromatic rings. The molecular formula is C12H17F3N6O2S. The number of thioether (sulfide) groups is 1. The fourth-order valence-corrected chi connectivity index (χ4v) is 3.04. The Labute approximate surface area is 140 Å². The predicted octanol–water partition coefficient (Wildman–Crippen LogP) is 0.219. The standard InChI is InChI=1S/C12H17F3N6O2S/c1-20-11(17-18-19-20)24-6-9(22)21-4-2-8(3-5-21)10(23)16-7-12(13,14)15/h8H,2-7H2,1H3,(H,16,23). The van der Waals surface area contributed by atoms with Gasteiger partial charge in [-0.1, -0.05) is 11.8 Å². The van der Waals surface area contributed by atoms with Crippen molar-refractivity contribution in [1.29, 1.82) is 0 Å². The molecule has 1 saturated heterocycles. The summed E-state index contributed by atoms with van der Waals surface area (Å²) >= 11 is 1.20. The van der Waals surface area contributed by atoms with E-state index in [0.29, 0.717) is 31.1 Å². The van der Waals surface area contributed by atoms with Gasteiger partial charge < -0.3 is 10.2 Å². The maximum absolute atomic E-state index is 12.1. The SMILES string of the molecule is Cn1nnnc1SCC(=O)N1CCC(C(=O)NCC(F)(F)F)CC1. The number of amides is 2. The van der Waals surface area contributed by atoms with E-state index in [0.717, 1.165) is 0 Å². The molecule has 0 aromatic carbocycles. The first-order valence-electron chi connectivity index (χ1n) is 7.23. The number of rotatable bonds is 5. The highest BCUT2D eigenvalue weighted by atomic mass is 32.2. The average Bonchev–Trinajstić information content (AvgIpc) is 2.95. The Morgan fingerprint density at radius 1 is 1.33 bits per heavy atom. The highest BCUT2D eigenvalue weighted by Crippen LogP contribution is 2.20. The minimum Gasteiger partial charge on any atom is -0.347 e. The summed E-state index contributed by atoms with van der Waals surface area (Å²) < 4.78 is 37.7. The predicted molar refractivity (Wildman–Crippen MR) is 77.9 cm³/mol. The van der Waals surface area contributed by atoms with E-state index in [2.05, 4.69) is 15.5 Å². The van der Waals surface area contributed by atoms with Gasteiger partial charge in [-0.25, -0.2) is 4.68 Å². The number of tetrazole rings is 1. The average molecular weight is 366 g/mol. The fraction of sp³-hybridized carbons (Fsp3) is 0.750. The van der Waals surface area contributed by atoms with Gasteiger partial charge in [0.2, 0.25) is 17.0 Å². The van der Waals surface area contributed by atoms with Crippen molar-refractivity contribution in [3.8, 4) is 0 Å². The van der Waals surface area contributed by atoms with Gasteiger partial charge in [-0.3, -0.25) is 9.59 Å². The first kappa shape index (κ1) is 18.5. The van der Waals surface area contributed by atoms with Crippen LogP contribution in [0.25, 0.3) is 0 Å². The Bertz CT molecular complexity index is 586. The Morgan fingerprint density at radius 2 is 2.00 bits per heavy atom. The number of likely N-dealkylation sites (tertiary alicyclic amines) is 1. The molecule has 0 saturated carbocycles. The van der Waals surface area contributed by atoms with Gasteiger partial charge in [0.1, 0.15) is 6.54 Å². The number of carbonyl (C=O) groups excluding carboxylic acids is 2. The van der Waals surface area contributed by atoms with E-state index in [4.69, 9.17) is 0 Å². The van der Waals surface area contributed by atoms with Crippen molar-refractivity contribution in [2.24, 2.45) is 13.0 Å². The van der Waals surface area contributed by atoms with Crippen LogP contribution < -0.4 is 5.32 Å². The van der Waals surface area contributed by atoms with Crippen molar-refractivity contribution in [3.63, 3.8) is 0 Å². The summed E-state index contributed by atoms with van der Waals surface area (Å²) in [5.74, 6) is -1.05. The van der Waals surface area contributed by atoms with Gasteiger partial charge in [-0.15, -0.1) is 5.10 Å². The molecule has 1 aromatic heterocycles. The molecule has 0 aliphatic carbocycles. The molecule has 12 heteroatoms. The summed E-state index contributed by atoms with van der Waals surface area (Å²) in [6.07, 6.45) is -3.71. The van der Waals surface area contributed by atoms with Gasteiger partial charge in [0.05, 0.1) is 5.75 Å². The van der Waals surface area contributed by atoms with Crippen LogP contribution in [0.4, 0.5) is 13.2 Å². The number of aromatic nitrogens is 4. The summed E-state index contributed by atoms with van der Waals surface area (Å²) in [5.41, 5.74) is 0. The first-order valence-corrected chi connectivity index (χ1v) is 8.22. The highest BCUT2D eigenvalue weighted by Gasteiger charge is 2.31. The van der Waals surface area contributed by atoms with Crippen LogP contribution in [-0.4, -0.2) is 68.5 Å². The molecule has 2 rings (SSSR count). The molecule has 2 amide bonds. The maximum Gasteiger partial charge on any atom is 0.405 e. The van der Waals surface area contributed by atoms with E-state index in [1.165, 1.54) is 16.4 Å². The number of nitrogens with one attached hydrogen (secondary N) is 1. The van der Waals surface area contributed by atoms with E-state index < -0.39 is 24.5 Å². The van der Waals surface area contributed by atoms with Crippen molar-refractivity contribution in [3.05, 3.63) is 0 Å². The second-order valence-electron chi connectivity index (χ2n) is 5.36. The van der Waals surface area contributed by atoms with Gasteiger partial charge in [0.15, 0.2) is 0 Å². The largest absolute Gasteiger partial charge is 0.405 e. The van der Waals surface area contributed by atoms with Gasteiger partial charge in [-0.2, -0.15) is 13.2 Å². The Hall–Kier alpha value is -1.85. The molecule has 1 fully saturated rings. The van der Waals surface area contributed by atoms with Gasteiger partial charge in [0, 0.05) is 26.1 Å². The summed E-state index contributed by atoms with van der Waals surface area (Å²) in [5, 5.41) is 13.3. The summed E-state index contributed by atoms with van der Waals surface area (Å²) in [7, 11) is 1.66. The van der Waals surface area contributed by atoms with Gasteiger partial charge in [0.25, 0.3) is 0 Å². The molecule has 0 unspecified atom stereocenters. The molecule has 2 heterocycles. The van der Waals surface area contributed by atoms with Crippen molar-refractivity contribution in [1.82, 2.24) is 30.4 Å². The molecule has 1 aliphatic rings. The van der Waals surface area contributed by atoms with Crippen LogP contribution >= 0.6 is 11.8 Å². The molecule has 8 nitrogen and oxygen atoms in total. The lowest BCUT2D eigenvalue weighted by molar-refractivity contribution is -0.142. The number of nitrogens with zero attached hydrogens (tertiary/aromatic N) is 5. The van der Waals surface area contributed by atoms with Crippen molar-refractivity contribution in [2.45, 2.75) is 24.2 Å². The smallest absolute Gasteiger partial charge is 0.347 e. The quantitative estimate of drug-likeness (QED) is 0.750. The molecule has 24 heavy (non-hydrogen) atoms. The number of alkyl halides is 3. The molecule has 0 atom stereocenters. The zero-order chi connectivity index (χ0) is 17.7. The summed E-state index contributed by atoms with van der Waals surface area (Å²) in [6, 6.07) is 0. The lowest BCUT2D eigenvalue weighted by Gasteiger charge is -2.31. The Balaban J connectivity index is 1.72. The molecule has 0 spiro atoms. The van der Waals surface area contributed by atoms with Crippen LogP contribution in [0, 0.1) is 5.92 Å². The minimum absolute atomic E-state index is 0.114. The molecule has 0 bridgehead atoms. The van der Waals surface area contributed by atoms with Crippen molar-refractivity contribution in [2.75, 3.05) is 25.4 Å². The fourth-order valence-electron chi connectivity index (χ4n) is 2.28. The number of hydrogen-bond acceptors (Lipinski definition) is 6. The molecule has 1 N–H and O–H groups in total. The monoisotopic (exact) mass is 366 g/mol. The van der Waals surface area contributed by atoms with E-state index >= 15 is 0 Å². The third-order valence-corrected chi connectivity index (χ3v) is 4.58. The lowest BCUT2D eigenvalue weighted by atomic mass is 9.96. The van der Waals surface area contributed by atoms with Gasteiger partial charge in [-0.05, 0) is 23.3 Å². The third-order valence-electron chi connectivity index (χ3n) is 3.59. The van der Waals surface area contributed by atoms with Crippen LogP contribution in [0.15, 0.2) is 5.16 Å². The van der Waals surface area contributed by atoms with Crippen molar-refractivity contribution >= 4 is 23.6 Å². The zero-order valence-corrected chi connectivity index (χ0v) is 13.7. The third kappa shape index (κ3) is 5.35. The van der Waals surface area contributed by atoms with Crippen molar-refractivity contribution < 1.29 is 22.8 Å². The van der Waals surface area contributed by atoms with Crippen LogP contribution in [0.2, 0.25) is 0 Å². The topological polar surface area (TPSA) is 93.0 Å². The number of carbonyl (C=O) groups is 2. The molecule has 134 valence electrons. The molecule has 1 aliphatic heterocycles. The molecule has 0 radical (unpaired) electrons. The Morgan fingerprint density at radius 3 is 2.54 bits per heavy atom. The zero-order valence-electron chi connectivity index (χ0n) is 12.9. The minimum atomic E-state index is -4.42. The van der Waals surface area contributed by atoms with E-state index in [1.54, 1.807) is 11.9 Å². The Kier molecular flexibility index (Phi) is 6.02. The number of aryl methyl sites for hydroxylation is 1. The highest BCUT2D eigenvalue weighted by molar-refractivity contribution is 7.99. The van der Waals surface area contributed by atoms with Crippen LogP contribution in [0.3, 0.4) is 0 Å². The second-order valence-corrected chi connectivity index (χ2v) is 6.30. The van der Waals surface area contributed by atoms with Crippen LogP contribution in [0.1, 0.15) is 12.8 Å². The second kappa shape index (κ2) is 7.81. The number of halogens is 3. The number of hydrogen-bond donors (Lipinski definition) is 1. The molecular weight excluding hydrogens is 349 g/mol. The van der Waals surface area contributed by atoms with Gasteiger partial charge >= 0.3 is 6.18 Å². The summed E-state index contributed by atoms with van der Waals surface area (Å²) in [6.45, 7) is -0.630. The first-order chi connectivity index (χ1) is 11.3. The maximum atomic E-state index is 12.1. The van der Waals surface area contributed by atoms with E-state index in [9.17, 15) is 22.8 Å². The van der Waals surface area contributed by atoms with Crippen LogP contribution in [0.5, 0.6) is 0 Å². The van der Waals surface area contributed by atoms with Crippen LogP contribution in [-0.2, 0) is 16.6 Å². The lowest BCUT2D eigenvalue weighted by Crippen LogP contribution is -2.45. The normalized spacial score (nSPS) is 16.2. The number of piperidine rings is 1. The van der Waals surface area contributed by atoms with E-state index in [1.807, 2.05) is 5.32 Å². The van der Waals surface area contributed by atoms with E-state index in [-0.39, 0.29) is 11.7 Å².